The Morgan fingerprint density at radius 2 is 1.94 bits per heavy atom. The average molecular weight is 279 g/mol. The summed E-state index contributed by atoms with van der Waals surface area (Å²) in [6.45, 7) is 0.210. The minimum absolute atomic E-state index is 0.0438. The first-order valence-corrected chi connectivity index (χ1v) is 6.59. The number of carbonyl (C=O) groups is 1. The van der Waals surface area contributed by atoms with E-state index in [1.807, 2.05) is 0 Å². The van der Waals surface area contributed by atoms with Crippen LogP contribution in [0.15, 0.2) is 35.2 Å². The molecule has 1 rings (SSSR count). The van der Waals surface area contributed by atoms with Crippen LogP contribution in [0.5, 0.6) is 0 Å². The molecule has 94 valence electrons. The van der Waals surface area contributed by atoms with Crippen LogP contribution in [0.25, 0.3) is 0 Å². The van der Waals surface area contributed by atoms with Crippen molar-refractivity contribution in [3.05, 3.63) is 30.3 Å². The molecule has 0 aliphatic heterocycles. The zero-order valence-electron chi connectivity index (χ0n) is 8.72. The second kappa shape index (κ2) is 6.43. The number of carbonyl (C=O) groups excluding carboxylic acids is 1. The summed E-state index contributed by atoms with van der Waals surface area (Å²) < 4.78 is 27.4. The predicted molar refractivity (Wildman–Crippen MR) is 62.0 cm³/mol. The highest BCUT2D eigenvalue weighted by molar-refractivity contribution is 7.86. The molecule has 0 spiro atoms. The lowest BCUT2D eigenvalue weighted by Gasteiger charge is -2.06. The Bertz CT molecular complexity index is 463. The fourth-order valence-electron chi connectivity index (χ4n) is 0.925. The topological polar surface area (TPSA) is 84.5 Å². The monoisotopic (exact) mass is 278 g/mol. The van der Waals surface area contributed by atoms with Crippen LogP contribution < -0.4 is 10.8 Å². The average Bonchev–Trinajstić information content (AvgIpc) is 2.35. The number of nitrogens with one attached hydrogen (secondary N) is 2. The summed E-state index contributed by atoms with van der Waals surface area (Å²) in [7, 11) is -3.99. The van der Waals surface area contributed by atoms with Gasteiger partial charge in [0.05, 0.1) is 4.90 Å². The van der Waals surface area contributed by atoms with Gasteiger partial charge in [0.25, 0.3) is 0 Å². The number of hydroxylamine groups is 1. The quantitative estimate of drug-likeness (QED) is 0.618. The van der Waals surface area contributed by atoms with Crippen LogP contribution in [0.2, 0.25) is 0 Å². The summed E-state index contributed by atoms with van der Waals surface area (Å²) in [6.07, 6.45) is 0. The smallest absolute Gasteiger partial charge is 0.335 e. The molecule has 1 aromatic rings. The molecular weight excluding hydrogens is 268 g/mol. The summed E-state index contributed by atoms with van der Waals surface area (Å²) >= 11 is 5.33. The predicted octanol–water partition coefficient (Wildman–Crippen LogP) is 0.845. The Hall–Kier alpha value is -1.31. The summed E-state index contributed by atoms with van der Waals surface area (Å²) in [5.41, 5.74) is 1.76. The van der Waals surface area contributed by atoms with Crippen LogP contribution >= 0.6 is 11.6 Å². The van der Waals surface area contributed by atoms with Gasteiger partial charge in [0.2, 0.25) is 0 Å². The highest BCUT2D eigenvalue weighted by Crippen LogP contribution is 2.09. The van der Waals surface area contributed by atoms with Gasteiger partial charge in [-0.15, -0.1) is 15.9 Å². The number of amides is 2. The van der Waals surface area contributed by atoms with Crippen LogP contribution in [-0.2, 0) is 14.4 Å². The maximum absolute atomic E-state index is 11.5. The summed E-state index contributed by atoms with van der Waals surface area (Å²) in [6, 6.07) is 6.69. The molecule has 0 atom stereocenters. The van der Waals surface area contributed by atoms with Crippen molar-refractivity contribution in [3.8, 4) is 0 Å². The maximum atomic E-state index is 11.5. The summed E-state index contributed by atoms with van der Waals surface area (Å²) in [5, 5.41) is 2.28. The van der Waals surface area contributed by atoms with Gasteiger partial charge in [-0.05, 0) is 12.1 Å². The van der Waals surface area contributed by atoms with Gasteiger partial charge < -0.3 is 5.32 Å². The fraction of sp³-hybridized carbons (Fsp3) is 0.222. The normalized spacial score (nSPS) is 10.9. The van der Waals surface area contributed by atoms with Crippen molar-refractivity contribution < 1.29 is 17.5 Å². The molecule has 8 heteroatoms. The third-order valence-electron chi connectivity index (χ3n) is 1.66. The molecule has 0 heterocycles. The van der Waals surface area contributed by atoms with Gasteiger partial charge in [0.1, 0.15) is 0 Å². The molecule has 0 saturated carbocycles. The number of hydrogen-bond donors (Lipinski definition) is 2. The first-order valence-electron chi connectivity index (χ1n) is 4.64. The zero-order valence-corrected chi connectivity index (χ0v) is 10.3. The molecule has 0 aromatic heterocycles. The number of hydrogen-bond acceptors (Lipinski definition) is 4. The van der Waals surface area contributed by atoms with E-state index < -0.39 is 16.1 Å². The molecule has 0 aliphatic carbocycles. The number of rotatable bonds is 5. The third kappa shape index (κ3) is 4.59. The Morgan fingerprint density at radius 3 is 2.53 bits per heavy atom. The summed E-state index contributed by atoms with van der Waals surface area (Å²) in [4.78, 5) is 11.0. The van der Waals surface area contributed by atoms with Gasteiger partial charge >= 0.3 is 16.1 Å². The van der Waals surface area contributed by atoms with Crippen molar-refractivity contribution in [2.75, 3.05) is 12.4 Å². The van der Waals surface area contributed by atoms with Crippen LogP contribution in [0.1, 0.15) is 0 Å². The lowest BCUT2D eigenvalue weighted by atomic mass is 10.4. The molecule has 0 bridgehead atoms. The minimum atomic E-state index is -3.99. The number of benzene rings is 1. The van der Waals surface area contributed by atoms with Gasteiger partial charge in [-0.2, -0.15) is 13.9 Å². The van der Waals surface area contributed by atoms with E-state index in [1.54, 1.807) is 23.7 Å². The molecule has 17 heavy (non-hydrogen) atoms. The van der Waals surface area contributed by atoms with Crippen LogP contribution in [0.3, 0.4) is 0 Å². The van der Waals surface area contributed by atoms with E-state index in [1.165, 1.54) is 12.1 Å². The van der Waals surface area contributed by atoms with Gasteiger partial charge in [-0.1, -0.05) is 18.2 Å². The lowest BCUT2D eigenvalue weighted by Crippen LogP contribution is -2.37. The number of alkyl halides is 1. The zero-order chi connectivity index (χ0) is 12.7. The van der Waals surface area contributed by atoms with E-state index in [0.717, 1.165) is 0 Å². The van der Waals surface area contributed by atoms with E-state index in [-0.39, 0.29) is 17.3 Å². The molecule has 2 N–H and O–H groups in total. The van der Waals surface area contributed by atoms with E-state index in [9.17, 15) is 13.2 Å². The number of urea groups is 1. The van der Waals surface area contributed by atoms with Gasteiger partial charge in [-0.25, -0.2) is 4.79 Å². The van der Waals surface area contributed by atoms with Crippen molar-refractivity contribution in [3.63, 3.8) is 0 Å². The first kappa shape index (κ1) is 13.8. The Labute approximate surface area is 104 Å². The third-order valence-corrected chi connectivity index (χ3v) is 3.00. The van der Waals surface area contributed by atoms with Crippen LogP contribution in [-0.4, -0.2) is 26.9 Å². The molecule has 0 saturated heterocycles. The second-order valence-corrected chi connectivity index (χ2v) is 4.82. The molecular formula is C9H11ClN2O4S. The van der Waals surface area contributed by atoms with E-state index in [4.69, 9.17) is 11.6 Å². The fourth-order valence-corrected chi connectivity index (χ4v) is 1.79. The van der Waals surface area contributed by atoms with Crippen molar-refractivity contribution >= 4 is 27.8 Å². The Balaban J connectivity index is 2.54. The maximum Gasteiger partial charge on any atom is 0.339 e. The Morgan fingerprint density at radius 1 is 1.29 bits per heavy atom. The number of halogens is 1. The van der Waals surface area contributed by atoms with Gasteiger partial charge in [0.15, 0.2) is 0 Å². The van der Waals surface area contributed by atoms with Crippen molar-refractivity contribution in [2.24, 2.45) is 0 Å². The van der Waals surface area contributed by atoms with Gasteiger partial charge in [-0.3, -0.25) is 0 Å². The van der Waals surface area contributed by atoms with Gasteiger partial charge in [0, 0.05) is 12.4 Å². The first-order chi connectivity index (χ1) is 8.06. The highest BCUT2D eigenvalue weighted by atomic mass is 35.5. The molecule has 0 aliphatic rings. The molecule has 0 unspecified atom stereocenters. The van der Waals surface area contributed by atoms with Crippen molar-refractivity contribution in [2.45, 2.75) is 4.90 Å². The van der Waals surface area contributed by atoms with Crippen LogP contribution in [0, 0.1) is 0 Å². The Kier molecular flexibility index (Phi) is 5.20. The van der Waals surface area contributed by atoms with E-state index in [0.29, 0.717) is 0 Å². The molecule has 0 radical (unpaired) electrons. The molecule has 0 fully saturated rings. The minimum Gasteiger partial charge on any atom is -0.335 e. The van der Waals surface area contributed by atoms with E-state index in [2.05, 4.69) is 9.60 Å². The van der Waals surface area contributed by atoms with Crippen molar-refractivity contribution in [1.29, 1.82) is 0 Å². The van der Waals surface area contributed by atoms with E-state index >= 15 is 0 Å². The van der Waals surface area contributed by atoms with Crippen LogP contribution in [0.4, 0.5) is 4.79 Å². The second-order valence-electron chi connectivity index (χ2n) is 2.90. The lowest BCUT2D eigenvalue weighted by molar-refractivity contribution is 0.182. The SMILES string of the molecule is O=C(NCCCl)NOS(=O)(=O)c1ccccc1. The highest BCUT2D eigenvalue weighted by Gasteiger charge is 2.16. The molecule has 6 nitrogen and oxygen atoms in total. The summed E-state index contributed by atoms with van der Waals surface area (Å²) in [5.74, 6) is 0.221. The standard InChI is InChI=1S/C9H11ClN2O4S/c10-6-7-11-9(13)12-16-17(14,15)8-4-2-1-3-5-8/h1-5H,6-7H2,(H2,11,12,13). The largest absolute Gasteiger partial charge is 0.339 e. The van der Waals surface area contributed by atoms with Crippen molar-refractivity contribution in [1.82, 2.24) is 10.8 Å². The molecule has 2 amide bonds. The molecule has 1 aromatic carbocycles.